The molecule has 0 aliphatic rings. The van der Waals surface area contributed by atoms with Crippen LogP contribution in [-0.4, -0.2) is 19.3 Å². The maximum Gasteiger partial charge on any atom is 0.162 e. The molecule has 0 aliphatic heterocycles. The lowest BCUT2D eigenvalue weighted by molar-refractivity contribution is 0.218. The first kappa shape index (κ1) is 15.7. The SMILES string of the molecule is COc1cc(Cl)c(C(O)c2cccc(C)c2C)cc1OC. The number of aliphatic hydroxyl groups excluding tert-OH is 1. The van der Waals surface area contributed by atoms with Gasteiger partial charge in [0.2, 0.25) is 0 Å². The molecule has 0 saturated carbocycles. The second-order valence-electron chi connectivity index (χ2n) is 4.92. The number of hydrogen-bond donors (Lipinski definition) is 1. The molecule has 1 unspecified atom stereocenters. The van der Waals surface area contributed by atoms with E-state index in [1.807, 2.05) is 32.0 Å². The molecule has 0 saturated heterocycles. The van der Waals surface area contributed by atoms with Crippen molar-refractivity contribution >= 4 is 11.6 Å². The predicted octanol–water partition coefficient (Wildman–Crippen LogP) is 4.06. The van der Waals surface area contributed by atoms with Gasteiger partial charge in [-0.05, 0) is 36.6 Å². The van der Waals surface area contributed by atoms with Crippen LogP contribution < -0.4 is 9.47 Å². The Hall–Kier alpha value is -1.71. The maximum atomic E-state index is 10.7. The Labute approximate surface area is 130 Å². The van der Waals surface area contributed by atoms with E-state index in [-0.39, 0.29) is 0 Å². The molecule has 0 aliphatic carbocycles. The number of hydrogen-bond acceptors (Lipinski definition) is 3. The van der Waals surface area contributed by atoms with Gasteiger partial charge >= 0.3 is 0 Å². The van der Waals surface area contributed by atoms with E-state index < -0.39 is 6.10 Å². The third kappa shape index (κ3) is 2.99. The summed E-state index contributed by atoms with van der Waals surface area (Å²) in [6.45, 7) is 4.00. The average molecular weight is 307 g/mol. The number of aryl methyl sites for hydroxylation is 1. The first-order chi connectivity index (χ1) is 9.99. The first-order valence-electron chi connectivity index (χ1n) is 6.65. The van der Waals surface area contributed by atoms with Crippen molar-refractivity contribution in [1.82, 2.24) is 0 Å². The fourth-order valence-electron chi connectivity index (χ4n) is 2.32. The molecule has 1 N–H and O–H groups in total. The third-order valence-corrected chi connectivity index (χ3v) is 4.07. The van der Waals surface area contributed by atoms with Gasteiger partial charge in [0.25, 0.3) is 0 Å². The predicted molar refractivity (Wildman–Crippen MR) is 84.5 cm³/mol. The van der Waals surface area contributed by atoms with Gasteiger partial charge in [0, 0.05) is 11.6 Å². The van der Waals surface area contributed by atoms with Gasteiger partial charge in [-0.2, -0.15) is 0 Å². The van der Waals surface area contributed by atoms with Gasteiger partial charge in [0.15, 0.2) is 11.5 Å². The van der Waals surface area contributed by atoms with Crippen molar-refractivity contribution in [1.29, 1.82) is 0 Å². The molecule has 0 radical (unpaired) electrons. The second kappa shape index (κ2) is 6.37. The Kier molecular flexibility index (Phi) is 4.76. The molecule has 112 valence electrons. The van der Waals surface area contributed by atoms with Crippen molar-refractivity contribution in [2.75, 3.05) is 14.2 Å². The van der Waals surface area contributed by atoms with Crippen LogP contribution >= 0.6 is 11.6 Å². The summed E-state index contributed by atoms with van der Waals surface area (Å²) in [6.07, 6.45) is -0.808. The van der Waals surface area contributed by atoms with Crippen LogP contribution in [0.1, 0.15) is 28.4 Å². The summed E-state index contributed by atoms with van der Waals surface area (Å²) in [6, 6.07) is 9.22. The van der Waals surface area contributed by atoms with E-state index in [2.05, 4.69) is 0 Å². The summed E-state index contributed by atoms with van der Waals surface area (Å²) in [5.41, 5.74) is 3.62. The molecule has 0 bridgehead atoms. The van der Waals surface area contributed by atoms with Crippen LogP contribution in [0.5, 0.6) is 11.5 Å². The fourth-order valence-corrected chi connectivity index (χ4v) is 2.57. The highest BCUT2D eigenvalue weighted by Gasteiger charge is 2.19. The van der Waals surface area contributed by atoms with Gasteiger partial charge in [0.1, 0.15) is 6.10 Å². The van der Waals surface area contributed by atoms with Gasteiger partial charge in [-0.1, -0.05) is 29.8 Å². The minimum absolute atomic E-state index is 0.445. The lowest BCUT2D eigenvalue weighted by Gasteiger charge is -2.19. The molecule has 3 nitrogen and oxygen atoms in total. The Bertz CT molecular complexity index is 653. The van der Waals surface area contributed by atoms with Crippen LogP contribution in [0.4, 0.5) is 0 Å². The summed E-state index contributed by atoms with van der Waals surface area (Å²) >= 11 is 6.28. The summed E-state index contributed by atoms with van der Waals surface area (Å²) in [7, 11) is 3.11. The summed E-state index contributed by atoms with van der Waals surface area (Å²) in [5, 5.41) is 11.1. The molecule has 4 heteroatoms. The Morgan fingerprint density at radius 2 is 1.62 bits per heavy atom. The van der Waals surface area contributed by atoms with E-state index in [4.69, 9.17) is 21.1 Å². The molecule has 1 atom stereocenters. The lowest BCUT2D eigenvalue weighted by Crippen LogP contribution is -2.05. The van der Waals surface area contributed by atoms with Crippen molar-refractivity contribution in [3.05, 3.63) is 57.6 Å². The fraction of sp³-hybridized carbons (Fsp3) is 0.294. The Morgan fingerprint density at radius 1 is 1.00 bits per heavy atom. The van der Waals surface area contributed by atoms with Crippen molar-refractivity contribution < 1.29 is 14.6 Å². The van der Waals surface area contributed by atoms with E-state index >= 15 is 0 Å². The van der Waals surface area contributed by atoms with Gasteiger partial charge in [0.05, 0.1) is 19.2 Å². The Morgan fingerprint density at radius 3 is 2.24 bits per heavy atom. The highest BCUT2D eigenvalue weighted by Crippen LogP contribution is 2.38. The van der Waals surface area contributed by atoms with Gasteiger partial charge in [-0.3, -0.25) is 0 Å². The van der Waals surface area contributed by atoms with E-state index in [0.29, 0.717) is 22.1 Å². The van der Waals surface area contributed by atoms with Crippen molar-refractivity contribution in [3.63, 3.8) is 0 Å². The van der Waals surface area contributed by atoms with E-state index in [0.717, 1.165) is 16.7 Å². The normalized spacial score (nSPS) is 12.1. The molecule has 0 amide bonds. The van der Waals surface area contributed by atoms with E-state index in [1.54, 1.807) is 26.4 Å². The molecular formula is C17H19ClO3. The highest BCUT2D eigenvalue weighted by molar-refractivity contribution is 6.31. The van der Waals surface area contributed by atoms with Crippen LogP contribution in [-0.2, 0) is 0 Å². The zero-order chi connectivity index (χ0) is 15.6. The van der Waals surface area contributed by atoms with Crippen LogP contribution in [0.25, 0.3) is 0 Å². The molecule has 21 heavy (non-hydrogen) atoms. The monoisotopic (exact) mass is 306 g/mol. The Balaban J connectivity index is 2.53. The van der Waals surface area contributed by atoms with Crippen molar-refractivity contribution in [2.45, 2.75) is 20.0 Å². The summed E-state index contributed by atoms with van der Waals surface area (Å²) in [5.74, 6) is 1.08. The summed E-state index contributed by atoms with van der Waals surface area (Å²) < 4.78 is 10.5. The summed E-state index contributed by atoms with van der Waals surface area (Å²) in [4.78, 5) is 0. The number of benzene rings is 2. The quantitative estimate of drug-likeness (QED) is 0.926. The van der Waals surface area contributed by atoms with Crippen LogP contribution in [0.15, 0.2) is 30.3 Å². The zero-order valence-electron chi connectivity index (χ0n) is 12.6. The average Bonchev–Trinajstić information content (AvgIpc) is 2.49. The highest BCUT2D eigenvalue weighted by atomic mass is 35.5. The minimum atomic E-state index is -0.808. The van der Waals surface area contributed by atoms with Crippen molar-refractivity contribution in [3.8, 4) is 11.5 Å². The molecule has 0 fully saturated rings. The molecule has 2 aromatic rings. The van der Waals surface area contributed by atoms with Gasteiger partial charge in [-0.25, -0.2) is 0 Å². The molecule has 0 heterocycles. The number of aliphatic hydroxyl groups is 1. The molecular weight excluding hydrogens is 288 g/mol. The topological polar surface area (TPSA) is 38.7 Å². The zero-order valence-corrected chi connectivity index (χ0v) is 13.4. The van der Waals surface area contributed by atoms with Gasteiger partial charge < -0.3 is 14.6 Å². The minimum Gasteiger partial charge on any atom is -0.493 e. The van der Waals surface area contributed by atoms with E-state index in [1.165, 1.54) is 0 Å². The third-order valence-electron chi connectivity index (χ3n) is 3.74. The molecule has 2 aromatic carbocycles. The first-order valence-corrected chi connectivity index (χ1v) is 7.03. The maximum absolute atomic E-state index is 10.7. The van der Waals surface area contributed by atoms with Crippen LogP contribution in [0.3, 0.4) is 0 Å². The molecule has 2 rings (SSSR count). The number of ether oxygens (including phenoxy) is 2. The smallest absolute Gasteiger partial charge is 0.162 e. The van der Waals surface area contributed by atoms with Gasteiger partial charge in [-0.15, -0.1) is 0 Å². The molecule has 0 aromatic heterocycles. The van der Waals surface area contributed by atoms with E-state index in [9.17, 15) is 5.11 Å². The second-order valence-corrected chi connectivity index (χ2v) is 5.33. The van der Waals surface area contributed by atoms with Crippen molar-refractivity contribution in [2.24, 2.45) is 0 Å². The van der Waals surface area contributed by atoms with Crippen LogP contribution in [0.2, 0.25) is 5.02 Å². The number of rotatable bonds is 4. The standard InChI is InChI=1S/C17H19ClO3/c1-10-6-5-7-12(11(10)2)17(19)13-8-15(20-3)16(21-4)9-14(13)18/h5-9,17,19H,1-4H3. The van der Waals surface area contributed by atoms with Crippen LogP contribution in [0, 0.1) is 13.8 Å². The number of methoxy groups -OCH3 is 2. The molecule has 0 spiro atoms. The number of halogens is 1. The largest absolute Gasteiger partial charge is 0.493 e. The lowest BCUT2D eigenvalue weighted by atomic mass is 9.94.